The number of phosphoric ester groups is 1. The first kappa shape index (κ1) is 73.2. The molecule has 0 aromatic carbocycles. The summed E-state index contributed by atoms with van der Waals surface area (Å²) in [5.41, 5.74) is 0. The molecule has 12 heteroatoms. The average Bonchev–Trinajstić information content (AvgIpc) is 3.41. The van der Waals surface area contributed by atoms with E-state index in [9.17, 15) is 28.9 Å². The molecule has 0 aliphatic carbocycles. The van der Waals surface area contributed by atoms with Gasteiger partial charge >= 0.3 is 25.7 Å². The van der Waals surface area contributed by atoms with Gasteiger partial charge in [-0.1, -0.05) is 223 Å². The van der Waals surface area contributed by atoms with Gasteiger partial charge in [0.05, 0.1) is 19.8 Å². The summed E-state index contributed by atoms with van der Waals surface area (Å²) < 4.78 is 39.6. The molecule has 3 unspecified atom stereocenters. The van der Waals surface area contributed by atoms with Gasteiger partial charge in [-0.05, 0) is 109 Å². The van der Waals surface area contributed by atoms with Crippen LogP contribution in [0.15, 0.2) is 60.8 Å². The molecule has 0 aromatic heterocycles. The second kappa shape index (κ2) is 58.3. The van der Waals surface area contributed by atoms with Gasteiger partial charge in [-0.15, -0.1) is 0 Å². The Bertz CT molecular complexity index is 1510. The van der Waals surface area contributed by atoms with Crippen LogP contribution >= 0.6 is 7.82 Å². The summed E-state index contributed by atoms with van der Waals surface area (Å²) in [5.74, 6) is -1.47. The Kier molecular flexibility index (Phi) is 56.2. The van der Waals surface area contributed by atoms with Gasteiger partial charge in [0, 0.05) is 19.3 Å². The van der Waals surface area contributed by atoms with Crippen molar-refractivity contribution < 1.29 is 52.2 Å². The number of unbranched alkanes of at least 4 members (excludes halogenated alkanes) is 31. The number of aliphatic hydroxyl groups is 1. The summed E-state index contributed by atoms with van der Waals surface area (Å²) in [6.45, 7) is 4.59. The predicted octanol–water partition coefficient (Wildman–Crippen LogP) is 18.7. The maximum atomic E-state index is 12.9. The van der Waals surface area contributed by atoms with Crippen LogP contribution in [0.3, 0.4) is 0 Å². The SMILES string of the molecule is CCCCC/C=C\C/C=C\CCCCCCCCCCCC(=O)OCC(COP(=O)(O)OCC(CO)OC(=O)CCCCCCC/C=C\CCCCCC)OC(=O)CCCCCCCCC/C=C\C/C=C\CCCCC. The van der Waals surface area contributed by atoms with Crippen molar-refractivity contribution in [1.29, 1.82) is 0 Å². The zero-order valence-corrected chi connectivity index (χ0v) is 49.9. The Balaban J connectivity index is 4.72. The Morgan fingerprint density at radius 2 is 0.645 bits per heavy atom. The summed E-state index contributed by atoms with van der Waals surface area (Å²) >= 11 is 0. The van der Waals surface area contributed by atoms with Crippen molar-refractivity contribution in [2.75, 3.05) is 26.4 Å². The highest BCUT2D eigenvalue weighted by molar-refractivity contribution is 7.47. The number of hydrogen-bond acceptors (Lipinski definition) is 10. The van der Waals surface area contributed by atoms with Gasteiger partial charge in [-0.25, -0.2) is 4.57 Å². The fourth-order valence-electron chi connectivity index (χ4n) is 8.59. The van der Waals surface area contributed by atoms with Crippen LogP contribution < -0.4 is 0 Å². The van der Waals surface area contributed by atoms with Crippen LogP contribution in [0, 0.1) is 0 Å². The number of hydrogen-bond donors (Lipinski definition) is 2. The Morgan fingerprint density at radius 3 is 1.01 bits per heavy atom. The minimum absolute atomic E-state index is 0.157. The lowest BCUT2D eigenvalue weighted by molar-refractivity contribution is -0.161. The summed E-state index contributed by atoms with van der Waals surface area (Å²) in [5, 5.41) is 9.82. The van der Waals surface area contributed by atoms with Crippen molar-refractivity contribution in [2.45, 2.75) is 303 Å². The third kappa shape index (κ3) is 55.9. The quantitative estimate of drug-likeness (QED) is 0.0197. The number of carbonyl (C=O) groups is 3. The molecule has 0 aliphatic heterocycles. The summed E-state index contributed by atoms with van der Waals surface area (Å²) in [6.07, 6.45) is 64.5. The van der Waals surface area contributed by atoms with Gasteiger partial charge in [-0.2, -0.15) is 0 Å². The lowest BCUT2D eigenvalue weighted by Gasteiger charge is -2.21. The van der Waals surface area contributed by atoms with Crippen molar-refractivity contribution in [3.63, 3.8) is 0 Å². The predicted molar refractivity (Wildman–Crippen MR) is 316 cm³/mol. The third-order valence-electron chi connectivity index (χ3n) is 13.4. The lowest BCUT2D eigenvalue weighted by Crippen LogP contribution is -2.30. The molecule has 0 fully saturated rings. The van der Waals surface area contributed by atoms with Crippen molar-refractivity contribution in [3.05, 3.63) is 60.8 Å². The second-order valence-corrected chi connectivity index (χ2v) is 22.3. The molecular weight excluding hydrogens is 976 g/mol. The molecule has 0 rings (SSSR count). The van der Waals surface area contributed by atoms with E-state index in [0.29, 0.717) is 19.3 Å². The lowest BCUT2D eigenvalue weighted by atomic mass is 10.1. The fraction of sp³-hybridized carbons (Fsp3) is 0.797. The molecule has 0 saturated carbocycles. The maximum Gasteiger partial charge on any atom is 0.472 e. The van der Waals surface area contributed by atoms with Crippen molar-refractivity contribution >= 4 is 25.7 Å². The molecule has 442 valence electrons. The van der Waals surface area contributed by atoms with Crippen LogP contribution in [0.4, 0.5) is 0 Å². The molecule has 2 N–H and O–H groups in total. The first-order chi connectivity index (χ1) is 37.2. The number of ether oxygens (including phenoxy) is 3. The molecule has 0 aromatic rings. The summed E-state index contributed by atoms with van der Waals surface area (Å²) in [6, 6.07) is 0. The molecule has 0 amide bonds. The van der Waals surface area contributed by atoms with Crippen molar-refractivity contribution in [1.82, 2.24) is 0 Å². The average molecular weight is 1090 g/mol. The smallest absolute Gasteiger partial charge is 0.462 e. The van der Waals surface area contributed by atoms with Gasteiger partial charge < -0.3 is 24.2 Å². The minimum atomic E-state index is -4.75. The molecule has 0 saturated heterocycles. The standard InChI is InChI=1S/C64H115O11P/c1-4-7-10-13-16-19-22-25-27-29-30-32-33-36-38-41-44-47-50-53-62(66)71-57-61(75-64(68)55-52-49-46-43-40-37-34-31-28-26-23-20-17-14-11-8-5-2)59-73-76(69,70)72-58-60(56-65)74-63(67)54-51-48-45-42-39-35-24-21-18-15-12-9-6-3/h16-17,19-21,24-28,60-61,65H,4-15,18,22-23,29-59H2,1-3H3,(H,69,70)/b19-16-,20-17-,24-21-,27-25-,28-26-. The normalized spacial score (nSPS) is 13.7. The van der Waals surface area contributed by atoms with Crippen molar-refractivity contribution in [3.8, 4) is 0 Å². The zero-order valence-electron chi connectivity index (χ0n) is 49.0. The van der Waals surface area contributed by atoms with Gasteiger partial charge in [0.15, 0.2) is 6.10 Å². The Hall–Kier alpha value is -2.82. The number of esters is 3. The van der Waals surface area contributed by atoms with Gasteiger partial charge in [0.25, 0.3) is 0 Å². The maximum absolute atomic E-state index is 12.9. The van der Waals surface area contributed by atoms with Gasteiger partial charge in [0.1, 0.15) is 12.7 Å². The fourth-order valence-corrected chi connectivity index (χ4v) is 9.37. The van der Waals surface area contributed by atoms with E-state index in [1.165, 1.54) is 122 Å². The number of phosphoric acid groups is 1. The first-order valence-corrected chi connectivity index (χ1v) is 32.7. The molecule has 11 nitrogen and oxygen atoms in total. The van der Waals surface area contributed by atoms with Crippen LogP contribution in [0.5, 0.6) is 0 Å². The van der Waals surface area contributed by atoms with E-state index in [2.05, 4.69) is 81.5 Å². The van der Waals surface area contributed by atoms with Crippen LogP contribution in [0.2, 0.25) is 0 Å². The Morgan fingerprint density at radius 1 is 0.368 bits per heavy atom. The summed E-state index contributed by atoms with van der Waals surface area (Å²) in [7, 11) is -4.75. The number of aliphatic hydroxyl groups excluding tert-OH is 1. The highest BCUT2D eigenvalue weighted by atomic mass is 31.2. The first-order valence-electron chi connectivity index (χ1n) is 31.2. The largest absolute Gasteiger partial charge is 0.472 e. The minimum Gasteiger partial charge on any atom is -0.462 e. The van der Waals surface area contributed by atoms with E-state index in [0.717, 1.165) is 109 Å². The van der Waals surface area contributed by atoms with E-state index in [4.69, 9.17) is 23.3 Å². The monoisotopic (exact) mass is 1090 g/mol. The number of rotatable bonds is 58. The van der Waals surface area contributed by atoms with Crippen molar-refractivity contribution in [2.24, 2.45) is 0 Å². The molecular formula is C64H115O11P. The molecule has 0 aliphatic rings. The molecule has 0 bridgehead atoms. The van der Waals surface area contributed by atoms with E-state index in [-0.39, 0.29) is 25.9 Å². The molecule has 0 radical (unpaired) electrons. The molecule has 0 spiro atoms. The highest BCUT2D eigenvalue weighted by Crippen LogP contribution is 2.43. The summed E-state index contributed by atoms with van der Waals surface area (Å²) in [4.78, 5) is 48.7. The van der Waals surface area contributed by atoms with Gasteiger partial charge in [-0.3, -0.25) is 23.4 Å². The molecule has 3 atom stereocenters. The van der Waals surface area contributed by atoms with E-state index >= 15 is 0 Å². The highest BCUT2D eigenvalue weighted by Gasteiger charge is 2.28. The third-order valence-corrected chi connectivity index (χ3v) is 14.3. The van der Waals surface area contributed by atoms with E-state index in [1.54, 1.807) is 0 Å². The van der Waals surface area contributed by atoms with E-state index in [1.807, 2.05) is 0 Å². The van der Waals surface area contributed by atoms with Crippen LogP contribution in [0.1, 0.15) is 290 Å². The molecule has 76 heavy (non-hydrogen) atoms. The number of carbonyl (C=O) groups excluding carboxylic acids is 3. The van der Waals surface area contributed by atoms with E-state index < -0.39 is 57.8 Å². The molecule has 0 heterocycles. The topological polar surface area (TPSA) is 155 Å². The van der Waals surface area contributed by atoms with Crippen LogP contribution in [0.25, 0.3) is 0 Å². The number of allylic oxidation sites excluding steroid dienone is 10. The van der Waals surface area contributed by atoms with Crippen LogP contribution in [-0.4, -0.2) is 66.5 Å². The van der Waals surface area contributed by atoms with Crippen LogP contribution in [-0.2, 0) is 42.2 Å². The zero-order chi connectivity index (χ0) is 55.5. The Labute approximate surface area is 465 Å². The second-order valence-electron chi connectivity index (χ2n) is 20.9. The van der Waals surface area contributed by atoms with Gasteiger partial charge in [0.2, 0.25) is 0 Å².